The number of urea groups is 1. The number of hydrogen-bond donors (Lipinski definition) is 2. The van der Waals surface area contributed by atoms with Crippen LogP contribution in [-0.2, 0) is 11.3 Å². The van der Waals surface area contributed by atoms with Crippen molar-refractivity contribution >= 4 is 11.7 Å². The molecule has 0 unspecified atom stereocenters. The van der Waals surface area contributed by atoms with Crippen LogP contribution in [0.25, 0.3) is 0 Å². The number of rotatable bonds is 8. The molecule has 0 atom stereocenters. The second-order valence-electron chi connectivity index (χ2n) is 4.88. The van der Waals surface area contributed by atoms with Crippen LogP contribution in [-0.4, -0.2) is 25.8 Å². The van der Waals surface area contributed by atoms with Gasteiger partial charge in [0.25, 0.3) is 0 Å². The normalized spacial score (nSPS) is 10.1. The highest BCUT2D eigenvalue weighted by Crippen LogP contribution is 2.17. The maximum atomic E-state index is 11.7. The van der Waals surface area contributed by atoms with Crippen molar-refractivity contribution < 1.29 is 14.3 Å². The fourth-order valence-corrected chi connectivity index (χ4v) is 1.93. The summed E-state index contributed by atoms with van der Waals surface area (Å²) < 4.78 is 10.9. The van der Waals surface area contributed by atoms with E-state index in [2.05, 4.69) is 10.6 Å². The SMILES string of the molecule is CCOCCNC(=O)Nc1ccc(OCc2ccccc2)cc1. The van der Waals surface area contributed by atoms with Crippen LogP contribution in [0.15, 0.2) is 54.6 Å². The van der Waals surface area contributed by atoms with Gasteiger partial charge in [-0.3, -0.25) is 0 Å². The molecule has 0 saturated heterocycles. The maximum absolute atomic E-state index is 11.7. The number of benzene rings is 2. The third-order valence-electron chi connectivity index (χ3n) is 3.10. The van der Waals surface area contributed by atoms with Crippen LogP contribution < -0.4 is 15.4 Å². The lowest BCUT2D eigenvalue weighted by atomic mass is 10.2. The Morgan fingerprint density at radius 3 is 2.48 bits per heavy atom. The molecular weight excluding hydrogens is 292 g/mol. The molecule has 0 aliphatic heterocycles. The lowest BCUT2D eigenvalue weighted by Gasteiger charge is -2.09. The first kappa shape index (κ1) is 16.8. The first-order chi connectivity index (χ1) is 11.3. The summed E-state index contributed by atoms with van der Waals surface area (Å²) in [6.07, 6.45) is 0. The number of carbonyl (C=O) groups is 1. The minimum atomic E-state index is -0.248. The van der Waals surface area contributed by atoms with Crippen LogP contribution >= 0.6 is 0 Å². The Labute approximate surface area is 136 Å². The van der Waals surface area contributed by atoms with Crippen molar-refractivity contribution in [2.45, 2.75) is 13.5 Å². The Kier molecular flexibility index (Phi) is 6.94. The van der Waals surface area contributed by atoms with Gasteiger partial charge in [-0.1, -0.05) is 30.3 Å². The minimum Gasteiger partial charge on any atom is -0.489 e. The van der Waals surface area contributed by atoms with Crippen molar-refractivity contribution in [2.24, 2.45) is 0 Å². The highest BCUT2D eigenvalue weighted by atomic mass is 16.5. The Balaban J connectivity index is 1.74. The molecule has 2 rings (SSSR count). The highest BCUT2D eigenvalue weighted by Gasteiger charge is 2.01. The van der Waals surface area contributed by atoms with Crippen LogP contribution in [0.1, 0.15) is 12.5 Å². The standard InChI is InChI=1S/C18H22N2O3/c1-2-22-13-12-19-18(21)20-16-8-10-17(11-9-16)23-14-15-6-4-3-5-7-15/h3-11H,2,12-14H2,1H3,(H2,19,20,21). The molecular formula is C18H22N2O3. The molecule has 23 heavy (non-hydrogen) atoms. The van der Waals surface area contributed by atoms with Gasteiger partial charge in [0, 0.05) is 18.8 Å². The predicted molar refractivity (Wildman–Crippen MR) is 90.7 cm³/mol. The summed E-state index contributed by atoms with van der Waals surface area (Å²) in [5.74, 6) is 0.760. The molecule has 0 aliphatic rings. The number of amides is 2. The van der Waals surface area contributed by atoms with Crippen LogP contribution in [0.5, 0.6) is 5.75 Å². The predicted octanol–water partition coefficient (Wildman–Crippen LogP) is 3.42. The number of carbonyl (C=O) groups excluding carboxylic acids is 1. The zero-order valence-corrected chi connectivity index (χ0v) is 13.2. The zero-order valence-electron chi connectivity index (χ0n) is 13.2. The molecule has 0 radical (unpaired) electrons. The molecule has 2 aromatic carbocycles. The van der Waals surface area contributed by atoms with E-state index in [1.807, 2.05) is 61.5 Å². The van der Waals surface area contributed by atoms with Crippen molar-refractivity contribution in [2.75, 3.05) is 25.1 Å². The Morgan fingerprint density at radius 1 is 1.04 bits per heavy atom. The maximum Gasteiger partial charge on any atom is 0.319 e. The fraction of sp³-hybridized carbons (Fsp3) is 0.278. The second-order valence-corrected chi connectivity index (χ2v) is 4.88. The molecule has 2 aromatic rings. The molecule has 2 amide bonds. The van der Waals surface area contributed by atoms with E-state index in [-0.39, 0.29) is 6.03 Å². The summed E-state index contributed by atoms with van der Waals surface area (Å²) in [6.45, 7) is 4.08. The van der Waals surface area contributed by atoms with Gasteiger partial charge in [0.1, 0.15) is 12.4 Å². The molecule has 2 N–H and O–H groups in total. The largest absolute Gasteiger partial charge is 0.489 e. The zero-order chi connectivity index (χ0) is 16.3. The van der Waals surface area contributed by atoms with Gasteiger partial charge in [0.15, 0.2) is 0 Å². The third kappa shape index (κ3) is 6.40. The van der Waals surface area contributed by atoms with E-state index in [4.69, 9.17) is 9.47 Å². The highest BCUT2D eigenvalue weighted by molar-refractivity contribution is 5.89. The summed E-state index contributed by atoms with van der Waals surface area (Å²) in [5.41, 5.74) is 1.83. The van der Waals surface area contributed by atoms with E-state index >= 15 is 0 Å². The molecule has 5 heteroatoms. The number of hydrogen-bond acceptors (Lipinski definition) is 3. The quantitative estimate of drug-likeness (QED) is 0.734. The topological polar surface area (TPSA) is 59.6 Å². The summed E-state index contributed by atoms with van der Waals surface area (Å²) in [4.78, 5) is 11.7. The van der Waals surface area contributed by atoms with Crippen LogP contribution in [0, 0.1) is 0 Å². The molecule has 0 saturated carbocycles. The van der Waals surface area contributed by atoms with Gasteiger partial charge in [-0.15, -0.1) is 0 Å². The average Bonchev–Trinajstić information content (AvgIpc) is 2.59. The summed E-state index contributed by atoms with van der Waals surface area (Å²) in [7, 11) is 0. The van der Waals surface area contributed by atoms with Gasteiger partial charge >= 0.3 is 6.03 Å². The van der Waals surface area contributed by atoms with Gasteiger partial charge < -0.3 is 20.1 Å². The Bertz CT molecular complexity index is 585. The summed E-state index contributed by atoms with van der Waals surface area (Å²) in [5, 5.41) is 5.48. The molecule has 5 nitrogen and oxygen atoms in total. The Morgan fingerprint density at radius 2 is 1.78 bits per heavy atom. The van der Waals surface area contributed by atoms with Crippen LogP contribution in [0.2, 0.25) is 0 Å². The fourth-order valence-electron chi connectivity index (χ4n) is 1.93. The summed E-state index contributed by atoms with van der Waals surface area (Å²) >= 11 is 0. The van der Waals surface area contributed by atoms with Gasteiger partial charge in [-0.25, -0.2) is 4.79 Å². The second kappa shape index (κ2) is 9.48. The van der Waals surface area contributed by atoms with E-state index in [9.17, 15) is 4.79 Å². The molecule has 0 spiro atoms. The number of anilines is 1. The van der Waals surface area contributed by atoms with Crippen molar-refractivity contribution in [1.82, 2.24) is 5.32 Å². The smallest absolute Gasteiger partial charge is 0.319 e. The monoisotopic (exact) mass is 314 g/mol. The van der Waals surface area contributed by atoms with Crippen LogP contribution in [0.3, 0.4) is 0 Å². The van der Waals surface area contributed by atoms with E-state index in [0.717, 1.165) is 11.3 Å². The molecule has 0 bridgehead atoms. The lowest BCUT2D eigenvalue weighted by Crippen LogP contribution is -2.31. The third-order valence-corrected chi connectivity index (χ3v) is 3.10. The number of nitrogens with one attached hydrogen (secondary N) is 2. The van der Waals surface area contributed by atoms with E-state index in [1.54, 1.807) is 0 Å². The van der Waals surface area contributed by atoms with E-state index < -0.39 is 0 Å². The first-order valence-corrected chi connectivity index (χ1v) is 7.67. The van der Waals surface area contributed by atoms with Crippen molar-refractivity contribution in [1.29, 1.82) is 0 Å². The van der Waals surface area contributed by atoms with Crippen molar-refractivity contribution in [3.63, 3.8) is 0 Å². The van der Waals surface area contributed by atoms with Gasteiger partial charge in [-0.05, 0) is 36.8 Å². The molecule has 0 aromatic heterocycles. The molecule has 0 heterocycles. The van der Waals surface area contributed by atoms with Gasteiger partial charge in [-0.2, -0.15) is 0 Å². The van der Waals surface area contributed by atoms with Gasteiger partial charge in [0.2, 0.25) is 0 Å². The number of ether oxygens (including phenoxy) is 2. The average molecular weight is 314 g/mol. The molecule has 122 valence electrons. The molecule has 0 fully saturated rings. The lowest BCUT2D eigenvalue weighted by molar-refractivity contribution is 0.150. The summed E-state index contributed by atoms with van der Waals surface area (Å²) in [6, 6.07) is 17.0. The van der Waals surface area contributed by atoms with E-state index in [0.29, 0.717) is 32.1 Å². The van der Waals surface area contributed by atoms with E-state index in [1.165, 1.54) is 0 Å². The minimum absolute atomic E-state index is 0.248. The first-order valence-electron chi connectivity index (χ1n) is 7.67. The Hall–Kier alpha value is -2.53. The molecule has 0 aliphatic carbocycles. The van der Waals surface area contributed by atoms with Crippen LogP contribution in [0.4, 0.5) is 10.5 Å². The van der Waals surface area contributed by atoms with Gasteiger partial charge in [0.05, 0.1) is 6.61 Å². The van der Waals surface area contributed by atoms with Crippen molar-refractivity contribution in [3.05, 3.63) is 60.2 Å². The van der Waals surface area contributed by atoms with Crippen molar-refractivity contribution in [3.8, 4) is 5.75 Å².